The van der Waals surface area contributed by atoms with Gasteiger partial charge in [0.2, 0.25) is 0 Å². The number of benzene rings is 2. The SMILES string of the molecule is Clc1ccc([C@@H]2CN3CCC[C@@H]3c3cc(Cl)ccc32)cc1. The number of hydrogen-bond donors (Lipinski definition) is 0. The first-order valence-corrected chi connectivity index (χ1v) is 8.27. The van der Waals surface area contributed by atoms with Crippen LogP contribution < -0.4 is 0 Å². The number of fused-ring (bicyclic) bond motifs is 3. The normalized spacial score (nSPS) is 24.7. The van der Waals surface area contributed by atoms with Crippen molar-refractivity contribution >= 4 is 23.2 Å². The van der Waals surface area contributed by atoms with Gasteiger partial charge in [0.15, 0.2) is 0 Å². The summed E-state index contributed by atoms with van der Waals surface area (Å²) >= 11 is 12.3. The van der Waals surface area contributed by atoms with Crippen molar-refractivity contribution in [2.24, 2.45) is 0 Å². The minimum atomic E-state index is 0.420. The van der Waals surface area contributed by atoms with Gasteiger partial charge in [0.1, 0.15) is 0 Å². The molecule has 0 aromatic heterocycles. The Morgan fingerprint density at radius 1 is 0.905 bits per heavy atom. The summed E-state index contributed by atoms with van der Waals surface area (Å²) in [6.45, 7) is 2.29. The van der Waals surface area contributed by atoms with E-state index in [2.05, 4.69) is 29.2 Å². The van der Waals surface area contributed by atoms with Crippen molar-refractivity contribution in [1.29, 1.82) is 0 Å². The van der Waals surface area contributed by atoms with Crippen LogP contribution in [0.3, 0.4) is 0 Å². The summed E-state index contributed by atoms with van der Waals surface area (Å²) in [6.07, 6.45) is 2.53. The third kappa shape index (κ3) is 2.38. The van der Waals surface area contributed by atoms with Gasteiger partial charge >= 0.3 is 0 Å². The first kappa shape index (κ1) is 13.6. The highest BCUT2D eigenvalue weighted by Crippen LogP contribution is 2.44. The molecule has 2 aromatic carbocycles. The molecule has 1 nitrogen and oxygen atoms in total. The Bertz CT molecular complexity index is 665. The van der Waals surface area contributed by atoms with Gasteiger partial charge < -0.3 is 0 Å². The molecule has 21 heavy (non-hydrogen) atoms. The van der Waals surface area contributed by atoms with E-state index in [-0.39, 0.29) is 0 Å². The summed E-state index contributed by atoms with van der Waals surface area (Å²) in [5, 5.41) is 1.64. The van der Waals surface area contributed by atoms with Crippen LogP contribution in [0.5, 0.6) is 0 Å². The zero-order chi connectivity index (χ0) is 14.4. The molecule has 3 heteroatoms. The van der Waals surface area contributed by atoms with Crippen molar-refractivity contribution in [3.8, 4) is 0 Å². The molecule has 1 saturated heterocycles. The number of rotatable bonds is 1. The van der Waals surface area contributed by atoms with Gasteiger partial charge in [-0.2, -0.15) is 0 Å². The second kappa shape index (κ2) is 5.31. The first-order chi connectivity index (χ1) is 10.2. The molecule has 1 fully saturated rings. The van der Waals surface area contributed by atoms with E-state index in [0.717, 1.165) is 16.6 Å². The number of nitrogens with zero attached hydrogens (tertiary/aromatic N) is 1. The maximum Gasteiger partial charge on any atom is 0.0409 e. The van der Waals surface area contributed by atoms with Crippen LogP contribution in [0.15, 0.2) is 42.5 Å². The lowest BCUT2D eigenvalue weighted by atomic mass is 9.82. The minimum absolute atomic E-state index is 0.420. The second-order valence-corrected chi connectivity index (χ2v) is 6.90. The fraction of sp³-hybridized carbons (Fsp3) is 0.333. The van der Waals surface area contributed by atoms with Crippen LogP contribution >= 0.6 is 23.2 Å². The largest absolute Gasteiger partial charge is 0.295 e. The van der Waals surface area contributed by atoms with Gasteiger partial charge in [-0.3, -0.25) is 4.90 Å². The van der Waals surface area contributed by atoms with Gasteiger partial charge in [-0.25, -0.2) is 0 Å². The zero-order valence-electron chi connectivity index (χ0n) is 11.7. The molecule has 0 N–H and O–H groups in total. The molecule has 0 saturated carbocycles. The molecule has 4 rings (SSSR count). The topological polar surface area (TPSA) is 3.24 Å². The fourth-order valence-corrected chi connectivity index (χ4v) is 4.17. The van der Waals surface area contributed by atoms with Crippen LogP contribution in [0.25, 0.3) is 0 Å². The molecule has 2 aliphatic heterocycles. The summed E-state index contributed by atoms with van der Waals surface area (Å²) < 4.78 is 0. The van der Waals surface area contributed by atoms with Gasteiger partial charge in [0.25, 0.3) is 0 Å². The lowest BCUT2D eigenvalue weighted by Gasteiger charge is -2.37. The monoisotopic (exact) mass is 317 g/mol. The van der Waals surface area contributed by atoms with Crippen molar-refractivity contribution in [2.75, 3.05) is 13.1 Å². The van der Waals surface area contributed by atoms with Gasteiger partial charge in [-0.05, 0) is 60.3 Å². The summed E-state index contributed by atoms with van der Waals surface area (Å²) in [6, 6.07) is 15.2. The predicted octanol–water partition coefficient (Wildman–Crippen LogP) is 5.28. The Morgan fingerprint density at radius 3 is 2.48 bits per heavy atom. The Hall–Kier alpha value is -1.02. The van der Waals surface area contributed by atoms with E-state index < -0.39 is 0 Å². The number of hydrogen-bond acceptors (Lipinski definition) is 1. The molecule has 0 bridgehead atoms. The molecule has 0 radical (unpaired) electrons. The van der Waals surface area contributed by atoms with Gasteiger partial charge in [0, 0.05) is 28.5 Å². The maximum atomic E-state index is 6.25. The van der Waals surface area contributed by atoms with Crippen LogP contribution in [-0.4, -0.2) is 18.0 Å². The number of halogens is 2. The summed E-state index contributed by atoms with van der Waals surface area (Å²) in [4.78, 5) is 2.61. The molecule has 0 aliphatic carbocycles. The van der Waals surface area contributed by atoms with E-state index in [4.69, 9.17) is 23.2 Å². The Kier molecular flexibility index (Phi) is 3.45. The van der Waals surface area contributed by atoms with E-state index in [1.165, 1.54) is 36.1 Å². The maximum absolute atomic E-state index is 6.25. The predicted molar refractivity (Wildman–Crippen MR) is 88.3 cm³/mol. The average molecular weight is 318 g/mol. The molecule has 2 aliphatic rings. The second-order valence-electron chi connectivity index (χ2n) is 6.03. The molecule has 2 atom stereocenters. The van der Waals surface area contributed by atoms with E-state index in [9.17, 15) is 0 Å². The van der Waals surface area contributed by atoms with Crippen LogP contribution in [0.4, 0.5) is 0 Å². The Morgan fingerprint density at radius 2 is 1.67 bits per heavy atom. The lowest BCUT2D eigenvalue weighted by molar-refractivity contribution is 0.230. The van der Waals surface area contributed by atoms with E-state index >= 15 is 0 Å². The molecular formula is C18H17Cl2N. The molecular weight excluding hydrogens is 301 g/mol. The van der Waals surface area contributed by atoms with Crippen LogP contribution in [0.2, 0.25) is 10.0 Å². The van der Waals surface area contributed by atoms with Crippen molar-refractivity contribution in [3.05, 3.63) is 69.2 Å². The molecule has 2 aromatic rings. The third-order valence-corrected chi connectivity index (χ3v) is 5.32. The first-order valence-electron chi connectivity index (χ1n) is 7.51. The van der Waals surface area contributed by atoms with Gasteiger partial charge in [-0.1, -0.05) is 41.4 Å². The Labute approximate surface area is 135 Å². The van der Waals surface area contributed by atoms with E-state index in [1.807, 2.05) is 18.2 Å². The smallest absolute Gasteiger partial charge is 0.0409 e. The molecule has 0 spiro atoms. The van der Waals surface area contributed by atoms with Crippen molar-refractivity contribution in [3.63, 3.8) is 0 Å². The van der Waals surface area contributed by atoms with Crippen LogP contribution in [-0.2, 0) is 0 Å². The van der Waals surface area contributed by atoms with E-state index in [0.29, 0.717) is 12.0 Å². The van der Waals surface area contributed by atoms with E-state index in [1.54, 1.807) is 0 Å². The highest BCUT2D eigenvalue weighted by Gasteiger charge is 2.36. The highest BCUT2D eigenvalue weighted by molar-refractivity contribution is 6.30. The van der Waals surface area contributed by atoms with Crippen LogP contribution in [0.1, 0.15) is 41.5 Å². The zero-order valence-corrected chi connectivity index (χ0v) is 13.2. The fourth-order valence-electron chi connectivity index (χ4n) is 3.86. The highest BCUT2D eigenvalue weighted by atomic mass is 35.5. The van der Waals surface area contributed by atoms with Crippen LogP contribution in [0, 0.1) is 0 Å². The molecule has 0 unspecified atom stereocenters. The van der Waals surface area contributed by atoms with Gasteiger partial charge in [-0.15, -0.1) is 0 Å². The van der Waals surface area contributed by atoms with Gasteiger partial charge in [0.05, 0.1) is 0 Å². The molecule has 108 valence electrons. The van der Waals surface area contributed by atoms with Crippen molar-refractivity contribution in [1.82, 2.24) is 4.90 Å². The summed E-state index contributed by atoms with van der Waals surface area (Å²) in [5.41, 5.74) is 4.20. The van der Waals surface area contributed by atoms with Crippen molar-refractivity contribution in [2.45, 2.75) is 24.8 Å². The summed E-state index contributed by atoms with van der Waals surface area (Å²) in [7, 11) is 0. The quantitative estimate of drug-likeness (QED) is 0.692. The molecule has 2 heterocycles. The minimum Gasteiger partial charge on any atom is -0.295 e. The standard InChI is InChI=1S/C18H17Cl2N/c19-13-5-3-12(4-6-13)17-11-21-9-1-2-18(21)16-10-14(20)7-8-15(16)17/h3-8,10,17-18H,1-2,9,11H2/t17-,18+/m0/s1. The Balaban J connectivity index is 1.82. The van der Waals surface area contributed by atoms with Crippen molar-refractivity contribution < 1.29 is 0 Å². The summed E-state index contributed by atoms with van der Waals surface area (Å²) in [5.74, 6) is 0.420. The molecule has 0 amide bonds. The third-order valence-electron chi connectivity index (χ3n) is 4.84. The lowest BCUT2D eigenvalue weighted by Crippen LogP contribution is -2.34. The average Bonchev–Trinajstić information content (AvgIpc) is 2.96.